The van der Waals surface area contributed by atoms with E-state index in [9.17, 15) is 4.79 Å². The first-order valence-corrected chi connectivity index (χ1v) is 9.01. The summed E-state index contributed by atoms with van der Waals surface area (Å²) >= 11 is 0. The number of pyridine rings is 1. The van der Waals surface area contributed by atoms with E-state index in [1.807, 2.05) is 24.3 Å². The summed E-state index contributed by atoms with van der Waals surface area (Å²) in [6, 6.07) is 13.9. The topological polar surface area (TPSA) is 54.0 Å². The summed E-state index contributed by atoms with van der Waals surface area (Å²) in [5.74, 6) is -0.111. The van der Waals surface area contributed by atoms with E-state index < -0.39 is 0 Å². The number of hydrogen-bond acceptors (Lipinski definition) is 3. The Labute approximate surface area is 149 Å². The Balaban J connectivity index is 1.49. The predicted octanol–water partition coefficient (Wildman–Crippen LogP) is 4.31. The average molecular weight is 335 g/mol. The third kappa shape index (κ3) is 5.45. The van der Waals surface area contributed by atoms with Gasteiger partial charge < -0.3 is 10.6 Å². The SMILES string of the molecule is O=C(NCCC1=CCCCC1)c1cc(NCc2ccccc2)ccn1. The quantitative estimate of drug-likeness (QED) is 0.741. The second-order valence-electron chi connectivity index (χ2n) is 6.38. The standard InChI is InChI=1S/C21H25N3O/c25-21(23-13-11-17-7-3-1-4-8-17)20-15-19(12-14-22-20)24-16-18-9-5-2-6-10-18/h2,5-7,9-10,12,14-15H,1,3-4,8,11,13,16H2,(H,22,24)(H,23,25). The molecular weight excluding hydrogens is 310 g/mol. The summed E-state index contributed by atoms with van der Waals surface area (Å²) in [6.45, 7) is 1.40. The van der Waals surface area contributed by atoms with Gasteiger partial charge in [0.1, 0.15) is 5.69 Å². The van der Waals surface area contributed by atoms with E-state index in [1.54, 1.807) is 12.3 Å². The maximum absolute atomic E-state index is 12.3. The zero-order valence-corrected chi connectivity index (χ0v) is 14.5. The zero-order valence-electron chi connectivity index (χ0n) is 14.5. The number of nitrogens with one attached hydrogen (secondary N) is 2. The summed E-state index contributed by atoms with van der Waals surface area (Å²) < 4.78 is 0. The Bertz CT molecular complexity index is 725. The molecule has 1 amide bonds. The van der Waals surface area contributed by atoms with Crippen LogP contribution in [0.25, 0.3) is 0 Å². The summed E-state index contributed by atoms with van der Waals surface area (Å²) in [7, 11) is 0. The van der Waals surface area contributed by atoms with Gasteiger partial charge in [0, 0.05) is 25.0 Å². The molecule has 0 aliphatic heterocycles. The molecule has 0 saturated heterocycles. The molecule has 4 nitrogen and oxygen atoms in total. The molecule has 0 unspecified atom stereocenters. The number of aromatic nitrogens is 1. The smallest absolute Gasteiger partial charge is 0.269 e. The summed E-state index contributed by atoms with van der Waals surface area (Å²) in [5.41, 5.74) is 4.03. The highest BCUT2D eigenvalue weighted by Crippen LogP contribution is 2.19. The van der Waals surface area contributed by atoms with Crippen LogP contribution < -0.4 is 10.6 Å². The third-order valence-electron chi connectivity index (χ3n) is 4.45. The van der Waals surface area contributed by atoms with E-state index in [4.69, 9.17) is 0 Å². The van der Waals surface area contributed by atoms with Gasteiger partial charge in [0.2, 0.25) is 0 Å². The first-order chi connectivity index (χ1) is 12.3. The number of allylic oxidation sites excluding steroid dienone is 1. The molecule has 0 radical (unpaired) electrons. The van der Waals surface area contributed by atoms with Crippen molar-refractivity contribution in [2.75, 3.05) is 11.9 Å². The Kier molecular flexibility index (Phi) is 6.21. The minimum absolute atomic E-state index is 0.111. The Morgan fingerprint density at radius 3 is 2.80 bits per heavy atom. The molecule has 2 aromatic rings. The number of rotatable bonds is 7. The van der Waals surface area contributed by atoms with Gasteiger partial charge in [-0.05, 0) is 49.8 Å². The molecule has 25 heavy (non-hydrogen) atoms. The highest BCUT2D eigenvalue weighted by Gasteiger charge is 2.09. The number of carbonyl (C=O) groups is 1. The summed E-state index contributed by atoms with van der Waals surface area (Å²) in [5, 5.41) is 6.31. The van der Waals surface area contributed by atoms with Crippen LogP contribution in [0.3, 0.4) is 0 Å². The van der Waals surface area contributed by atoms with Crippen LogP contribution in [0.1, 0.15) is 48.2 Å². The molecule has 0 spiro atoms. The maximum Gasteiger partial charge on any atom is 0.269 e. The molecule has 3 rings (SSSR count). The number of nitrogens with zero attached hydrogens (tertiary/aromatic N) is 1. The van der Waals surface area contributed by atoms with E-state index in [-0.39, 0.29) is 5.91 Å². The molecule has 0 fully saturated rings. The minimum Gasteiger partial charge on any atom is -0.381 e. The van der Waals surface area contributed by atoms with Crippen molar-refractivity contribution in [3.8, 4) is 0 Å². The van der Waals surface area contributed by atoms with E-state index in [2.05, 4.69) is 33.8 Å². The Morgan fingerprint density at radius 1 is 1.12 bits per heavy atom. The molecule has 1 heterocycles. The first kappa shape index (κ1) is 17.2. The van der Waals surface area contributed by atoms with E-state index in [1.165, 1.54) is 36.8 Å². The van der Waals surface area contributed by atoms with Gasteiger partial charge >= 0.3 is 0 Å². The van der Waals surface area contributed by atoms with Crippen molar-refractivity contribution in [1.29, 1.82) is 0 Å². The molecule has 1 aromatic carbocycles. The van der Waals surface area contributed by atoms with Crippen LogP contribution in [-0.4, -0.2) is 17.4 Å². The third-order valence-corrected chi connectivity index (χ3v) is 4.45. The highest BCUT2D eigenvalue weighted by atomic mass is 16.1. The molecule has 1 aromatic heterocycles. The van der Waals surface area contributed by atoms with E-state index in [0.29, 0.717) is 12.2 Å². The number of benzene rings is 1. The lowest BCUT2D eigenvalue weighted by molar-refractivity contribution is 0.0949. The van der Waals surface area contributed by atoms with Crippen LogP contribution >= 0.6 is 0 Å². The van der Waals surface area contributed by atoms with Crippen LogP contribution in [0.4, 0.5) is 5.69 Å². The van der Waals surface area contributed by atoms with Crippen molar-refractivity contribution in [2.24, 2.45) is 0 Å². The Hall–Kier alpha value is -2.62. The molecule has 0 bridgehead atoms. The fourth-order valence-corrected chi connectivity index (χ4v) is 3.02. The minimum atomic E-state index is -0.111. The maximum atomic E-state index is 12.3. The van der Waals surface area contributed by atoms with Gasteiger partial charge in [-0.1, -0.05) is 42.0 Å². The first-order valence-electron chi connectivity index (χ1n) is 9.01. The molecule has 4 heteroatoms. The Morgan fingerprint density at radius 2 is 2.00 bits per heavy atom. The van der Waals surface area contributed by atoms with Crippen LogP contribution in [0.15, 0.2) is 60.3 Å². The van der Waals surface area contributed by atoms with Crippen molar-refractivity contribution in [1.82, 2.24) is 10.3 Å². The fourth-order valence-electron chi connectivity index (χ4n) is 3.02. The largest absolute Gasteiger partial charge is 0.381 e. The van der Waals surface area contributed by atoms with Crippen molar-refractivity contribution in [2.45, 2.75) is 38.6 Å². The van der Waals surface area contributed by atoms with Gasteiger partial charge in [0.05, 0.1) is 0 Å². The molecule has 1 aliphatic carbocycles. The number of anilines is 1. The van der Waals surface area contributed by atoms with E-state index in [0.717, 1.165) is 18.7 Å². The second-order valence-corrected chi connectivity index (χ2v) is 6.38. The summed E-state index contributed by atoms with van der Waals surface area (Å²) in [4.78, 5) is 16.5. The van der Waals surface area contributed by atoms with Crippen LogP contribution in [0.5, 0.6) is 0 Å². The van der Waals surface area contributed by atoms with Crippen LogP contribution in [-0.2, 0) is 6.54 Å². The molecule has 2 N–H and O–H groups in total. The molecule has 1 aliphatic rings. The van der Waals surface area contributed by atoms with Crippen molar-refractivity contribution >= 4 is 11.6 Å². The normalized spacial score (nSPS) is 13.8. The fraction of sp³-hybridized carbons (Fsp3) is 0.333. The van der Waals surface area contributed by atoms with E-state index >= 15 is 0 Å². The molecular formula is C21H25N3O. The second kappa shape index (κ2) is 9.02. The van der Waals surface area contributed by atoms with Crippen molar-refractivity contribution in [3.05, 3.63) is 71.6 Å². The monoisotopic (exact) mass is 335 g/mol. The molecule has 0 saturated carbocycles. The number of carbonyl (C=O) groups excluding carboxylic acids is 1. The van der Waals surface area contributed by atoms with Gasteiger partial charge in [0.25, 0.3) is 5.91 Å². The number of amides is 1. The van der Waals surface area contributed by atoms with Gasteiger partial charge in [-0.2, -0.15) is 0 Å². The van der Waals surface area contributed by atoms with Crippen molar-refractivity contribution < 1.29 is 4.79 Å². The van der Waals surface area contributed by atoms with Crippen LogP contribution in [0.2, 0.25) is 0 Å². The molecule has 130 valence electrons. The van der Waals surface area contributed by atoms with Gasteiger partial charge in [-0.3, -0.25) is 9.78 Å². The average Bonchev–Trinajstić information content (AvgIpc) is 2.68. The van der Waals surface area contributed by atoms with Gasteiger partial charge in [-0.25, -0.2) is 0 Å². The van der Waals surface area contributed by atoms with Crippen LogP contribution in [0, 0.1) is 0 Å². The lowest BCUT2D eigenvalue weighted by Gasteiger charge is -2.13. The lowest BCUT2D eigenvalue weighted by Crippen LogP contribution is -2.25. The predicted molar refractivity (Wildman–Crippen MR) is 102 cm³/mol. The van der Waals surface area contributed by atoms with Crippen molar-refractivity contribution in [3.63, 3.8) is 0 Å². The zero-order chi connectivity index (χ0) is 17.3. The van der Waals surface area contributed by atoms with Gasteiger partial charge in [-0.15, -0.1) is 0 Å². The lowest BCUT2D eigenvalue weighted by atomic mass is 9.97. The number of hydrogen-bond donors (Lipinski definition) is 2. The summed E-state index contributed by atoms with van der Waals surface area (Å²) in [6.07, 6.45) is 9.86. The molecule has 0 atom stereocenters. The highest BCUT2D eigenvalue weighted by molar-refractivity contribution is 5.93. The van der Waals surface area contributed by atoms with Gasteiger partial charge in [0.15, 0.2) is 0 Å².